The second-order valence-electron chi connectivity index (χ2n) is 4.67. The van der Waals surface area contributed by atoms with Crippen LogP contribution in [0, 0.1) is 17.5 Å². The zero-order valence-corrected chi connectivity index (χ0v) is 11.3. The summed E-state index contributed by atoms with van der Waals surface area (Å²) in [6, 6.07) is 12.9. The highest BCUT2D eigenvalue weighted by atomic mass is 32.1. The van der Waals surface area contributed by atoms with Gasteiger partial charge in [-0.25, -0.2) is 4.39 Å². The minimum Gasteiger partial charge on any atom is -0.331 e. The second kappa shape index (κ2) is 4.63. The van der Waals surface area contributed by atoms with E-state index in [1.165, 1.54) is 17.7 Å². The molecule has 0 radical (unpaired) electrons. The number of fused-ring (bicyclic) bond motifs is 1. The van der Waals surface area contributed by atoms with Crippen LogP contribution in [0.15, 0.2) is 42.5 Å². The fraction of sp³-hybridized carbons (Fsp3) is 0.133. The van der Waals surface area contributed by atoms with Crippen LogP contribution in [0.4, 0.5) is 4.39 Å². The first-order valence-electron chi connectivity index (χ1n) is 6.07. The van der Waals surface area contributed by atoms with Crippen LogP contribution in [0.2, 0.25) is 0 Å². The highest BCUT2D eigenvalue weighted by Crippen LogP contribution is 2.17. The molecule has 0 aliphatic carbocycles. The van der Waals surface area contributed by atoms with Crippen LogP contribution >= 0.6 is 12.2 Å². The molecule has 3 aromatic rings. The average Bonchev–Trinajstić information content (AvgIpc) is 2.66. The summed E-state index contributed by atoms with van der Waals surface area (Å²) in [6.45, 7) is 2.70. The predicted molar refractivity (Wildman–Crippen MR) is 77.4 cm³/mol. The minimum atomic E-state index is -0.250. The molecule has 0 atom stereocenters. The summed E-state index contributed by atoms with van der Waals surface area (Å²) in [6.07, 6.45) is 0. The van der Waals surface area contributed by atoms with E-state index in [0.717, 1.165) is 16.6 Å². The molecule has 2 nitrogen and oxygen atoms in total. The van der Waals surface area contributed by atoms with Gasteiger partial charge in [0.1, 0.15) is 5.82 Å². The third-order valence-corrected chi connectivity index (χ3v) is 3.48. The third-order valence-electron chi connectivity index (χ3n) is 3.16. The number of nitrogens with one attached hydrogen (secondary N) is 1. The van der Waals surface area contributed by atoms with Crippen molar-refractivity contribution < 1.29 is 4.39 Å². The first kappa shape index (κ1) is 12.1. The Morgan fingerprint density at radius 3 is 2.84 bits per heavy atom. The summed E-state index contributed by atoms with van der Waals surface area (Å²) in [5, 5.41) is 0. The van der Waals surface area contributed by atoms with E-state index in [2.05, 4.69) is 24.0 Å². The first-order valence-corrected chi connectivity index (χ1v) is 6.48. The monoisotopic (exact) mass is 272 g/mol. The van der Waals surface area contributed by atoms with Crippen LogP contribution in [0.25, 0.3) is 11.0 Å². The van der Waals surface area contributed by atoms with Gasteiger partial charge in [-0.1, -0.05) is 29.8 Å². The lowest BCUT2D eigenvalue weighted by Gasteiger charge is -2.05. The Morgan fingerprint density at radius 1 is 1.21 bits per heavy atom. The number of benzene rings is 2. The van der Waals surface area contributed by atoms with Crippen molar-refractivity contribution in [3.63, 3.8) is 0 Å². The molecule has 0 unspecified atom stereocenters. The Morgan fingerprint density at radius 2 is 2.05 bits per heavy atom. The van der Waals surface area contributed by atoms with Crippen LogP contribution in [-0.4, -0.2) is 9.55 Å². The molecule has 0 saturated heterocycles. The summed E-state index contributed by atoms with van der Waals surface area (Å²) in [4.78, 5) is 3.10. The summed E-state index contributed by atoms with van der Waals surface area (Å²) in [5.74, 6) is -0.250. The molecule has 96 valence electrons. The van der Waals surface area contributed by atoms with Crippen molar-refractivity contribution in [3.8, 4) is 0 Å². The molecule has 2 aromatic carbocycles. The van der Waals surface area contributed by atoms with Crippen LogP contribution < -0.4 is 0 Å². The summed E-state index contributed by atoms with van der Waals surface area (Å²) < 4.78 is 15.9. The maximum atomic E-state index is 13.4. The number of halogens is 1. The molecule has 1 aromatic heterocycles. The zero-order valence-electron chi connectivity index (χ0n) is 10.5. The van der Waals surface area contributed by atoms with Crippen molar-refractivity contribution in [1.82, 2.24) is 9.55 Å². The van der Waals surface area contributed by atoms with Crippen molar-refractivity contribution in [3.05, 3.63) is 64.2 Å². The van der Waals surface area contributed by atoms with Crippen molar-refractivity contribution in [2.24, 2.45) is 0 Å². The molecule has 3 rings (SSSR count). The molecular formula is C15H13FN2S. The minimum absolute atomic E-state index is 0.250. The van der Waals surface area contributed by atoms with Crippen molar-refractivity contribution >= 4 is 23.3 Å². The lowest BCUT2D eigenvalue weighted by Crippen LogP contribution is -2.00. The molecule has 0 bridgehead atoms. The highest BCUT2D eigenvalue weighted by Gasteiger charge is 2.06. The van der Waals surface area contributed by atoms with Gasteiger partial charge < -0.3 is 9.55 Å². The second-order valence-corrected chi connectivity index (χ2v) is 5.05. The summed E-state index contributed by atoms with van der Waals surface area (Å²) in [5.41, 5.74) is 4.02. The number of hydrogen-bond acceptors (Lipinski definition) is 1. The van der Waals surface area contributed by atoms with E-state index in [-0.39, 0.29) is 5.82 Å². The lowest BCUT2D eigenvalue weighted by atomic mass is 10.1. The topological polar surface area (TPSA) is 20.7 Å². The van der Waals surface area contributed by atoms with Gasteiger partial charge in [0.05, 0.1) is 17.6 Å². The number of aromatic nitrogens is 2. The van der Waals surface area contributed by atoms with Crippen molar-refractivity contribution in [1.29, 1.82) is 0 Å². The standard InChI is InChI=1S/C15H13FN2S/c1-10-3-2-4-11(7-10)9-18-14-8-12(16)5-6-13(14)17-15(18)19/h2-8H,9H2,1H3,(H,17,19). The highest BCUT2D eigenvalue weighted by molar-refractivity contribution is 7.71. The van der Waals surface area contributed by atoms with Crippen LogP contribution in [0.5, 0.6) is 0 Å². The summed E-state index contributed by atoms with van der Waals surface area (Å²) in [7, 11) is 0. The molecule has 1 N–H and O–H groups in total. The molecule has 0 spiro atoms. The normalized spacial score (nSPS) is 11.1. The van der Waals surface area contributed by atoms with E-state index in [0.29, 0.717) is 11.3 Å². The Balaban J connectivity index is 2.12. The zero-order chi connectivity index (χ0) is 13.4. The fourth-order valence-corrected chi connectivity index (χ4v) is 2.55. The van der Waals surface area contributed by atoms with Gasteiger partial charge in [0, 0.05) is 0 Å². The van der Waals surface area contributed by atoms with Crippen LogP contribution in [-0.2, 0) is 6.54 Å². The lowest BCUT2D eigenvalue weighted by molar-refractivity contribution is 0.628. The number of nitrogens with zero attached hydrogens (tertiary/aromatic N) is 1. The summed E-state index contributed by atoms with van der Waals surface area (Å²) >= 11 is 5.31. The fourth-order valence-electron chi connectivity index (χ4n) is 2.28. The number of aryl methyl sites for hydroxylation is 1. The van der Waals surface area contributed by atoms with E-state index < -0.39 is 0 Å². The Labute approximate surface area is 115 Å². The van der Waals surface area contributed by atoms with Gasteiger partial charge in [-0.3, -0.25) is 0 Å². The van der Waals surface area contributed by atoms with Crippen LogP contribution in [0.1, 0.15) is 11.1 Å². The maximum absolute atomic E-state index is 13.4. The van der Waals surface area contributed by atoms with E-state index in [4.69, 9.17) is 12.2 Å². The molecule has 0 aliphatic heterocycles. The molecule has 4 heteroatoms. The molecule has 0 aliphatic rings. The van der Waals surface area contributed by atoms with E-state index in [1.54, 1.807) is 6.07 Å². The van der Waals surface area contributed by atoms with Gasteiger partial charge in [-0.15, -0.1) is 0 Å². The van der Waals surface area contributed by atoms with E-state index in [9.17, 15) is 4.39 Å². The van der Waals surface area contributed by atoms with Crippen LogP contribution in [0.3, 0.4) is 0 Å². The maximum Gasteiger partial charge on any atom is 0.178 e. The number of aromatic amines is 1. The average molecular weight is 272 g/mol. The van der Waals surface area contributed by atoms with Gasteiger partial charge >= 0.3 is 0 Å². The van der Waals surface area contributed by atoms with Gasteiger partial charge in [0.25, 0.3) is 0 Å². The molecule has 1 heterocycles. The van der Waals surface area contributed by atoms with Crippen molar-refractivity contribution in [2.45, 2.75) is 13.5 Å². The molecule has 0 amide bonds. The SMILES string of the molecule is Cc1cccc(Cn2c(=S)[nH]c3ccc(F)cc32)c1. The Hall–Kier alpha value is -1.94. The van der Waals surface area contributed by atoms with Gasteiger partial charge in [-0.2, -0.15) is 0 Å². The first-order chi connectivity index (χ1) is 9.13. The van der Waals surface area contributed by atoms with Gasteiger partial charge in [0.15, 0.2) is 4.77 Å². The Kier molecular flexibility index (Phi) is 2.95. The van der Waals surface area contributed by atoms with E-state index in [1.807, 2.05) is 16.7 Å². The molecular weight excluding hydrogens is 259 g/mol. The number of rotatable bonds is 2. The quantitative estimate of drug-likeness (QED) is 0.694. The molecule has 0 fully saturated rings. The number of imidazole rings is 1. The number of H-pyrrole nitrogens is 1. The van der Waals surface area contributed by atoms with E-state index >= 15 is 0 Å². The number of hydrogen-bond donors (Lipinski definition) is 1. The third kappa shape index (κ3) is 2.31. The predicted octanol–water partition coefficient (Wildman–Crippen LogP) is 4.19. The Bertz CT molecular complexity index is 801. The molecule has 19 heavy (non-hydrogen) atoms. The van der Waals surface area contributed by atoms with Crippen molar-refractivity contribution in [2.75, 3.05) is 0 Å². The molecule has 0 saturated carbocycles. The van der Waals surface area contributed by atoms with Gasteiger partial charge in [-0.05, 0) is 42.9 Å². The smallest absolute Gasteiger partial charge is 0.178 e. The largest absolute Gasteiger partial charge is 0.331 e. The van der Waals surface area contributed by atoms with Gasteiger partial charge in [0.2, 0.25) is 0 Å².